The number of hydrogen-bond acceptors (Lipinski definition) is 4. The standard InChI is InChI=1S/C14H15FN2O2S2/c1-2-7-20-8-6-17-11-5-3-4-10(15)13(11)16-14(17)21-9-12(18)19/h2-5H,1,6-9H2,(H,18,19). The summed E-state index contributed by atoms with van der Waals surface area (Å²) in [6.07, 6.45) is 1.83. The summed E-state index contributed by atoms with van der Waals surface area (Å²) >= 11 is 2.82. The van der Waals surface area contributed by atoms with Gasteiger partial charge in [-0.15, -0.1) is 6.58 Å². The van der Waals surface area contributed by atoms with Crippen LogP contribution < -0.4 is 0 Å². The normalized spacial score (nSPS) is 10.9. The van der Waals surface area contributed by atoms with E-state index >= 15 is 0 Å². The number of halogens is 1. The predicted octanol–water partition coefficient (Wildman–Crippen LogP) is 3.27. The number of benzene rings is 1. The van der Waals surface area contributed by atoms with E-state index in [1.54, 1.807) is 23.9 Å². The molecule has 112 valence electrons. The van der Waals surface area contributed by atoms with Crippen molar-refractivity contribution in [1.29, 1.82) is 0 Å². The number of para-hydroxylation sites is 1. The van der Waals surface area contributed by atoms with E-state index in [-0.39, 0.29) is 11.6 Å². The monoisotopic (exact) mass is 326 g/mol. The van der Waals surface area contributed by atoms with Gasteiger partial charge in [0, 0.05) is 18.1 Å². The number of nitrogens with zero attached hydrogens (tertiary/aromatic N) is 2. The third kappa shape index (κ3) is 4.01. The lowest BCUT2D eigenvalue weighted by molar-refractivity contribution is -0.133. The van der Waals surface area contributed by atoms with Crippen LogP contribution in [-0.2, 0) is 11.3 Å². The van der Waals surface area contributed by atoms with Crippen molar-refractivity contribution in [2.45, 2.75) is 11.7 Å². The highest BCUT2D eigenvalue weighted by molar-refractivity contribution is 8.00. The molecule has 7 heteroatoms. The first-order chi connectivity index (χ1) is 10.1. The molecule has 0 amide bonds. The van der Waals surface area contributed by atoms with Gasteiger partial charge in [0.1, 0.15) is 5.52 Å². The number of aryl methyl sites for hydroxylation is 1. The molecule has 4 nitrogen and oxygen atoms in total. The Morgan fingerprint density at radius 1 is 1.52 bits per heavy atom. The van der Waals surface area contributed by atoms with Gasteiger partial charge < -0.3 is 9.67 Å². The van der Waals surface area contributed by atoms with Gasteiger partial charge in [0.15, 0.2) is 11.0 Å². The zero-order valence-electron chi connectivity index (χ0n) is 11.3. The summed E-state index contributed by atoms with van der Waals surface area (Å²) in [6.45, 7) is 4.32. The maximum atomic E-state index is 13.8. The average Bonchev–Trinajstić information content (AvgIpc) is 2.81. The van der Waals surface area contributed by atoms with Crippen LogP contribution in [0, 0.1) is 5.82 Å². The van der Waals surface area contributed by atoms with Crippen molar-refractivity contribution >= 4 is 40.5 Å². The van der Waals surface area contributed by atoms with Gasteiger partial charge in [0.2, 0.25) is 0 Å². The first kappa shape index (κ1) is 15.9. The molecule has 1 N–H and O–H groups in total. The molecule has 0 aliphatic heterocycles. The van der Waals surface area contributed by atoms with Crippen molar-refractivity contribution in [1.82, 2.24) is 9.55 Å². The number of hydrogen-bond donors (Lipinski definition) is 1. The smallest absolute Gasteiger partial charge is 0.313 e. The summed E-state index contributed by atoms with van der Waals surface area (Å²) in [6, 6.07) is 4.80. The molecule has 0 fully saturated rings. The SMILES string of the molecule is C=CCSCCn1c(SCC(=O)O)nc2c(F)cccc21. The second kappa shape index (κ2) is 7.51. The molecular formula is C14H15FN2O2S2. The van der Waals surface area contributed by atoms with E-state index in [1.165, 1.54) is 6.07 Å². The lowest BCUT2D eigenvalue weighted by atomic mass is 10.3. The number of thioether (sulfide) groups is 2. The Hall–Kier alpha value is -1.47. The second-order valence-electron chi connectivity index (χ2n) is 4.20. The lowest BCUT2D eigenvalue weighted by Gasteiger charge is -2.07. The molecule has 1 heterocycles. The number of rotatable bonds is 8. The summed E-state index contributed by atoms with van der Waals surface area (Å²) in [7, 11) is 0. The molecule has 0 bridgehead atoms. The molecule has 0 aliphatic carbocycles. The van der Waals surface area contributed by atoms with Crippen LogP contribution in [0.3, 0.4) is 0 Å². The zero-order valence-corrected chi connectivity index (χ0v) is 12.9. The van der Waals surface area contributed by atoms with Gasteiger partial charge in [0.25, 0.3) is 0 Å². The molecule has 1 aromatic heterocycles. The van der Waals surface area contributed by atoms with E-state index in [0.717, 1.165) is 23.3 Å². The summed E-state index contributed by atoms with van der Waals surface area (Å²) in [4.78, 5) is 15.0. The maximum absolute atomic E-state index is 13.8. The summed E-state index contributed by atoms with van der Waals surface area (Å²) in [5, 5.41) is 9.33. The molecule has 2 aromatic rings. The minimum absolute atomic E-state index is 0.0925. The van der Waals surface area contributed by atoms with Gasteiger partial charge in [-0.25, -0.2) is 9.37 Å². The third-order valence-electron chi connectivity index (χ3n) is 2.71. The molecule has 1 aromatic carbocycles. The fraction of sp³-hybridized carbons (Fsp3) is 0.286. The van der Waals surface area contributed by atoms with E-state index in [1.807, 2.05) is 10.6 Å². The molecule has 2 rings (SSSR count). The molecular weight excluding hydrogens is 311 g/mol. The van der Waals surface area contributed by atoms with Crippen molar-refractivity contribution in [3.63, 3.8) is 0 Å². The highest BCUT2D eigenvalue weighted by Crippen LogP contribution is 2.26. The van der Waals surface area contributed by atoms with Gasteiger partial charge >= 0.3 is 5.97 Å². The number of imidazole rings is 1. The van der Waals surface area contributed by atoms with E-state index in [0.29, 0.717) is 22.7 Å². The van der Waals surface area contributed by atoms with Gasteiger partial charge in [-0.3, -0.25) is 4.79 Å². The Morgan fingerprint density at radius 3 is 3.05 bits per heavy atom. The minimum atomic E-state index is -0.917. The van der Waals surface area contributed by atoms with Gasteiger partial charge in [-0.1, -0.05) is 23.9 Å². The van der Waals surface area contributed by atoms with Crippen LogP contribution in [0.25, 0.3) is 11.0 Å². The molecule has 0 unspecified atom stereocenters. The molecule has 0 atom stereocenters. The summed E-state index contributed by atoms with van der Waals surface area (Å²) in [5.41, 5.74) is 0.987. The second-order valence-corrected chi connectivity index (χ2v) is 6.29. The molecule has 0 aliphatic rings. The van der Waals surface area contributed by atoms with E-state index in [2.05, 4.69) is 11.6 Å². The fourth-order valence-electron chi connectivity index (χ4n) is 1.87. The van der Waals surface area contributed by atoms with Crippen LogP contribution in [0.1, 0.15) is 0 Å². The summed E-state index contributed by atoms with van der Waals surface area (Å²) in [5.74, 6) is 0.278. The number of carboxylic acids is 1. The number of aliphatic carboxylic acids is 1. The number of aromatic nitrogens is 2. The average molecular weight is 326 g/mol. The van der Waals surface area contributed by atoms with Crippen LogP contribution in [-0.4, -0.2) is 37.9 Å². The van der Waals surface area contributed by atoms with Crippen LogP contribution >= 0.6 is 23.5 Å². The minimum Gasteiger partial charge on any atom is -0.481 e. The van der Waals surface area contributed by atoms with Crippen molar-refractivity contribution in [2.24, 2.45) is 0 Å². The number of fused-ring (bicyclic) bond motifs is 1. The van der Waals surface area contributed by atoms with Crippen LogP contribution in [0.2, 0.25) is 0 Å². The quantitative estimate of drug-likeness (QED) is 0.458. The zero-order chi connectivity index (χ0) is 15.2. The number of carbonyl (C=O) groups is 1. The van der Waals surface area contributed by atoms with E-state index in [9.17, 15) is 9.18 Å². The van der Waals surface area contributed by atoms with Gasteiger partial charge in [0.05, 0.1) is 11.3 Å². The van der Waals surface area contributed by atoms with Crippen molar-refractivity contribution in [3.8, 4) is 0 Å². The molecule has 0 saturated heterocycles. The predicted molar refractivity (Wildman–Crippen MR) is 85.6 cm³/mol. The summed E-state index contributed by atoms with van der Waals surface area (Å²) < 4.78 is 15.7. The van der Waals surface area contributed by atoms with Crippen LogP contribution in [0.4, 0.5) is 4.39 Å². The Balaban J connectivity index is 2.28. The van der Waals surface area contributed by atoms with E-state index < -0.39 is 5.97 Å². The fourth-order valence-corrected chi connectivity index (χ4v) is 3.27. The van der Waals surface area contributed by atoms with Crippen LogP contribution in [0.5, 0.6) is 0 Å². The van der Waals surface area contributed by atoms with Crippen molar-refractivity contribution in [2.75, 3.05) is 17.3 Å². The Morgan fingerprint density at radius 2 is 2.33 bits per heavy atom. The third-order valence-corrected chi connectivity index (χ3v) is 4.62. The first-order valence-corrected chi connectivity index (χ1v) is 8.45. The lowest BCUT2D eigenvalue weighted by Crippen LogP contribution is -2.05. The van der Waals surface area contributed by atoms with E-state index in [4.69, 9.17) is 5.11 Å². The maximum Gasteiger partial charge on any atom is 0.313 e. The highest BCUT2D eigenvalue weighted by Gasteiger charge is 2.14. The molecule has 0 saturated carbocycles. The van der Waals surface area contributed by atoms with Gasteiger partial charge in [-0.05, 0) is 12.1 Å². The largest absolute Gasteiger partial charge is 0.481 e. The van der Waals surface area contributed by atoms with Crippen molar-refractivity contribution < 1.29 is 14.3 Å². The van der Waals surface area contributed by atoms with Crippen molar-refractivity contribution in [3.05, 3.63) is 36.7 Å². The Bertz CT molecular complexity index is 658. The molecule has 0 spiro atoms. The van der Waals surface area contributed by atoms with Crippen LogP contribution in [0.15, 0.2) is 36.0 Å². The molecule has 21 heavy (non-hydrogen) atoms. The topological polar surface area (TPSA) is 55.1 Å². The number of carboxylic acid groups (broad SMARTS) is 1. The highest BCUT2D eigenvalue weighted by atomic mass is 32.2. The van der Waals surface area contributed by atoms with Gasteiger partial charge in [-0.2, -0.15) is 11.8 Å². The Kier molecular flexibility index (Phi) is 5.69. The first-order valence-electron chi connectivity index (χ1n) is 6.31. The molecule has 0 radical (unpaired) electrons. The Labute approximate surface area is 130 Å².